The first-order valence-electron chi connectivity index (χ1n) is 9.01. The van der Waals surface area contributed by atoms with Crippen molar-refractivity contribution in [1.82, 2.24) is 15.1 Å². The Hall–Kier alpha value is -3.60. The average Bonchev–Trinajstić information content (AvgIpc) is 3.19. The fraction of sp³-hybridized carbons (Fsp3) is 0.150. The molecule has 0 unspecified atom stereocenters. The number of urea groups is 1. The van der Waals surface area contributed by atoms with Crippen LogP contribution in [0.4, 0.5) is 33.9 Å². The summed E-state index contributed by atoms with van der Waals surface area (Å²) in [5, 5.41) is 8.47. The van der Waals surface area contributed by atoms with Gasteiger partial charge in [0.05, 0.1) is 11.3 Å². The van der Waals surface area contributed by atoms with Crippen molar-refractivity contribution in [1.29, 1.82) is 0 Å². The van der Waals surface area contributed by atoms with Gasteiger partial charge in [-0.3, -0.25) is 9.69 Å². The van der Waals surface area contributed by atoms with E-state index in [0.717, 1.165) is 15.6 Å². The van der Waals surface area contributed by atoms with Crippen LogP contribution in [-0.4, -0.2) is 35.8 Å². The van der Waals surface area contributed by atoms with E-state index in [2.05, 4.69) is 15.7 Å². The number of carbonyl (C=O) groups is 2. The van der Waals surface area contributed by atoms with Gasteiger partial charge < -0.3 is 10.6 Å². The summed E-state index contributed by atoms with van der Waals surface area (Å²) in [6.07, 6.45) is -4.76. The quantitative estimate of drug-likeness (QED) is 0.543. The number of benzene rings is 2. The molecule has 32 heavy (non-hydrogen) atoms. The van der Waals surface area contributed by atoms with Crippen molar-refractivity contribution < 1.29 is 27.2 Å². The topological polar surface area (TPSA) is 79.3 Å². The van der Waals surface area contributed by atoms with E-state index in [0.29, 0.717) is 6.07 Å². The van der Waals surface area contributed by atoms with E-state index in [-0.39, 0.29) is 27.8 Å². The van der Waals surface area contributed by atoms with Crippen LogP contribution < -0.4 is 15.5 Å². The predicted octanol–water partition coefficient (Wildman–Crippen LogP) is 4.71. The minimum absolute atomic E-state index is 0.00290. The van der Waals surface area contributed by atoms with Gasteiger partial charge in [-0.15, -0.1) is 0 Å². The second-order valence-electron chi connectivity index (χ2n) is 6.54. The van der Waals surface area contributed by atoms with Crippen LogP contribution in [0.3, 0.4) is 0 Å². The van der Waals surface area contributed by atoms with Crippen LogP contribution >= 0.6 is 11.6 Å². The maximum atomic E-state index is 14.1. The molecular weight excluding hydrogens is 454 g/mol. The lowest BCUT2D eigenvalue weighted by atomic mass is 10.2. The molecule has 3 rings (SSSR count). The molecular formula is C20H16ClF4N5O2. The van der Waals surface area contributed by atoms with Gasteiger partial charge >= 0.3 is 12.2 Å². The number of rotatable bonds is 4. The first kappa shape index (κ1) is 23.1. The summed E-state index contributed by atoms with van der Waals surface area (Å²) < 4.78 is 54.9. The van der Waals surface area contributed by atoms with E-state index < -0.39 is 29.6 Å². The highest BCUT2D eigenvalue weighted by Gasteiger charge is 2.36. The van der Waals surface area contributed by atoms with E-state index in [1.54, 1.807) is 0 Å². The standard InChI is InChI=1S/C20H16ClF4N5O2/c1-26-18(31)14-7-6-12(9-15(14)22)27-19(32)29(2)17-10-16(20(23,24)25)28-30(17)13-5-3-4-11(21)8-13/h3-10H,1-2H3,(H,26,31)(H,27,32). The number of carbonyl (C=O) groups excluding carboxylic acids is 2. The van der Waals surface area contributed by atoms with Gasteiger partial charge in [0.1, 0.15) is 11.6 Å². The Kier molecular flexibility index (Phi) is 6.40. The molecule has 0 radical (unpaired) electrons. The van der Waals surface area contributed by atoms with Crippen molar-refractivity contribution in [3.05, 3.63) is 70.6 Å². The minimum Gasteiger partial charge on any atom is -0.355 e. The second-order valence-corrected chi connectivity index (χ2v) is 6.98. The zero-order valence-corrected chi connectivity index (χ0v) is 17.4. The van der Waals surface area contributed by atoms with Crippen molar-refractivity contribution in [2.24, 2.45) is 0 Å². The summed E-state index contributed by atoms with van der Waals surface area (Å²) in [7, 11) is 2.56. The summed E-state index contributed by atoms with van der Waals surface area (Å²) in [4.78, 5) is 25.1. The Balaban J connectivity index is 1.93. The van der Waals surface area contributed by atoms with Gasteiger partial charge in [0.15, 0.2) is 5.69 Å². The number of halogens is 5. The van der Waals surface area contributed by atoms with Crippen molar-refractivity contribution in [2.45, 2.75) is 6.18 Å². The third kappa shape index (κ3) is 4.83. The van der Waals surface area contributed by atoms with Crippen LogP contribution in [0.25, 0.3) is 5.69 Å². The predicted molar refractivity (Wildman–Crippen MR) is 111 cm³/mol. The minimum atomic E-state index is -4.76. The molecule has 7 nitrogen and oxygen atoms in total. The summed E-state index contributed by atoms with van der Waals surface area (Å²) in [5.41, 5.74) is -1.25. The number of aromatic nitrogens is 2. The van der Waals surface area contributed by atoms with Gasteiger partial charge in [-0.05, 0) is 36.4 Å². The highest BCUT2D eigenvalue weighted by atomic mass is 35.5. The maximum Gasteiger partial charge on any atom is 0.435 e. The van der Waals surface area contributed by atoms with Crippen molar-refractivity contribution in [2.75, 3.05) is 24.3 Å². The Labute approximate surface area is 184 Å². The van der Waals surface area contributed by atoms with Crippen LogP contribution in [0.2, 0.25) is 5.02 Å². The number of anilines is 2. The van der Waals surface area contributed by atoms with Crippen molar-refractivity contribution >= 4 is 35.0 Å². The molecule has 0 bridgehead atoms. The number of hydrogen-bond acceptors (Lipinski definition) is 3. The van der Waals surface area contributed by atoms with Gasteiger partial charge in [-0.1, -0.05) is 17.7 Å². The lowest BCUT2D eigenvalue weighted by Gasteiger charge is -2.19. The molecule has 2 aromatic carbocycles. The van der Waals surface area contributed by atoms with Gasteiger partial charge in [-0.25, -0.2) is 13.9 Å². The molecule has 168 valence electrons. The molecule has 0 aliphatic rings. The van der Waals surface area contributed by atoms with E-state index in [1.807, 2.05) is 0 Å². The SMILES string of the molecule is CNC(=O)c1ccc(NC(=O)N(C)c2cc(C(F)(F)F)nn2-c2cccc(Cl)c2)cc1F. The second kappa shape index (κ2) is 8.87. The third-order valence-electron chi connectivity index (χ3n) is 4.37. The average molecular weight is 470 g/mol. The number of hydrogen-bond donors (Lipinski definition) is 2. The van der Waals surface area contributed by atoms with Crippen molar-refractivity contribution in [3.8, 4) is 5.69 Å². The van der Waals surface area contributed by atoms with Crippen LogP contribution in [0.15, 0.2) is 48.5 Å². The van der Waals surface area contributed by atoms with Gasteiger partial charge in [-0.2, -0.15) is 18.3 Å². The molecule has 0 saturated heterocycles. The number of nitrogens with one attached hydrogen (secondary N) is 2. The first-order chi connectivity index (χ1) is 15.0. The number of nitrogens with zero attached hydrogens (tertiary/aromatic N) is 3. The highest BCUT2D eigenvalue weighted by Crippen LogP contribution is 2.33. The largest absolute Gasteiger partial charge is 0.435 e. The highest BCUT2D eigenvalue weighted by molar-refractivity contribution is 6.30. The normalized spacial score (nSPS) is 11.2. The molecule has 0 spiro atoms. The lowest BCUT2D eigenvalue weighted by Crippen LogP contribution is -2.32. The zero-order valence-electron chi connectivity index (χ0n) is 16.7. The summed E-state index contributed by atoms with van der Waals surface area (Å²) >= 11 is 5.93. The third-order valence-corrected chi connectivity index (χ3v) is 4.61. The zero-order chi connectivity index (χ0) is 23.6. The monoisotopic (exact) mass is 469 g/mol. The molecule has 0 aliphatic heterocycles. The molecule has 1 aromatic heterocycles. The molecule has 12 heteroatoms. The Morgan fingerprint density at radius 3 is 2.44 bits per heavy atom. The summed E-state index contributed by atoms with van der Waals surface area (Å²) in [6.45, 7) is 0. The molecule has 3 amide bonds. The Morgan fingerprint density at radius 1 is 1.12 bits per heavy atom. The fourth-order valence-corrected chi connectivity index (χ4v) is 2.95. The molecule has 0 atom stereocenters. The first-order valence-corrected chi connectivity index (χ1v) is 9.38. The lowest BCUT2D eigenvalue weighted by molar-refractivity contribution is -0.141. The smallest absolute Gasteiger partial charge is 0.355 e. The van der Waals surface area contributed by atoms with Gasteiger partial charge in [0.25, 0.3) is 5.91 Å². The van der Waals surface area contributed by atoms with E-state index in [1.165, 1.54) is 50.5 Å². The van der Waals surface area contributed by atoms with E-state index in [4.69, 9.17) is 11.6 Å². The van der Waals surface area contributed by atoms with Crippen LogP contribution in [0.5, 0.6) is 0 Å². The van der Waals surface area contributed by atoms with Crippen LogP contribution in [-0.2, 0) is 6.18 Å². The van der Waals surface area contributed by atoms with Crippen LogP contribution in [0.1, 0.15) is 16.1 Å². The number of amides is 3. The molecule has 1 heterocycles. The molecule has 0 saturated carbocycles. The van der Waals surface area contributed by atoms with Crippen LogP contribution in [0, 0.1) is 5.82 Å². The Bertz CT molecular complexity index is 1180. The molecule has 2 N–H and O–H groups in total. The summed E-state index contributed by atoms with van der Waals surface area (Å²) in [6, 6.07) is 9.13. The maximum absolute atomic E-state index is 14.1. The Morgan fingerprint density at radius 2 is 1.84 bits per heavy atom. The van der Waals surface area contributed by atoms with Gasteiger partial charge in [0.2, 0.25) is 0 Å². The van der Waals surface area contributed by atoms with E-state index >= 15 is 0 Å². The summed E-state index contributed by atoms with van der Waals surface area (Å²) in [5.74, 6) is -1.74. The molecule has 3 aromatic rings. The fourth-order valence-electron chi connectivity index (χ4n) is 2.77. The molecule has 0 aliphatic carbocycles. The van der Waals surface area contributed by atoms with Crippen molar-refractivity contribution in [3.63, 3.8) is 0 Å². The molecule has 0 fully saturated rings. The van der Waals surface area contributed by atoms with Gasteiger partial charge in [0, 0.05) is 30.9 Å². The van der Waals surface area contributed by atoms with E-state index in [9.17, 15) is 27.2 Å². The number of alkyl halides is 3.